The highest BCUT2D eigenvalue weighted by Gasteiger charge is 2.47. The summed E-state index contributed by atoms with van der Waals surface area (Å²) in [4.78, 5) is 28.1. The largest absolute Gasteiger partial charge is 0.507 e. The summed E-state index contributed by atoms with van der Waals surface area (Å²) in [6.07, 6.45) is 0. The number of carbonyl (C=O) groups excluding carboxylic acids is 2. The van der Waals surface area contributed by atoms with E-state index in [1.807, 2.05) is 43.3 Å². The number of Topliss-reactive ketones (excluding diaryl/α,β-unsaturated/α-hetero) is 1. The molecule has 0 aliphatic carbocycles. The first kappa shape index (κ1) is 24.1. The second kappa shape index (κ2) is 9.66. The van der Waals surface area contributed by atoms with Crippen molar-refractivity contribution in [3.05, 3.63) is 94.6 Å². The average Bonchev–Trinajstić information content (AvgIpc) is 3.13. The molecule has 1 saturated heterocycles. The lowest BCUT2D eigenvalue weighted by molar-refractivity contribution is -0.132. The Kier molecular flexibility index (Phi) is 6.65. The molecule has 6 nitrogen and oxygen atoms in total. The molecule has 0 spiro atoms. The van der Waals surface area contributed by atoms with Crippen LogP contribution in [0.1, 0.15) is 48.1 Å². The number of ether oxygens (including phenoxy) is 2. The van der Waals surface area contributed by atoms with Gasteiger partial charge >= 0.3 is 0 Å². The maximum atomic E-state index is 13.4. The molecule has 0 saturated carbocycles. The van der Waals surface area contributed by atoms with Gasteiger partial charge in [-0.2, -0.15) is 0 Å². The van der Waals surface area contributed by atoms with Crippen LogP contribution in [0.2, 0.25) is 0 Å². The van der Waals surface area contributed by atoms with Crippen LogP contribution in [0.15, 0.2) is 72.3 Å². The molecule has 4 rings (SSSR count). The van der Waals surface area contributed by atoms with Crippen LogP contribution in [0.4, 0.5) is 5.69 Å². The van der Waals surface area contributed by atoms with Gasteiger partial charge in [-0.1, -0.05) is 61.9 Å². The number of rotatable bonds is 6. The van der Waals surface area contributed by atoms with Gasteiger partial charge in [0.25, 0.3) is 11.7 Å². The lowest BCUT2D eigenvalue weighted by atomic mass is 9.94. The number of aliphatic hydroxyl groups excluding tert-OH is 1. The maximum absolute atomic E-state index is 13.4. The monoisotopic (exact) mass is 471 g/mol. The summed E-state index contributed by atoms with van der Waals surface area (Å²) < 4.78 is 10.8. The second-order valence-electron chi connectivity index (χ2n) is 8.90. The molecule has 0 aromatic heterocycles. The van der Waals surface area contributed by atoms with Crippen LogP contribution in [-0.2, 0) is 9.59 Å². The Hall–Kier alpha value is -4.06. The molecule has 1 fully saturated rings. The molecule has 1 unspecified atom stereocenters. The van der Waals surface area contributed by atoms with Gasteiger partial charge in [-0.15, -0.1) is 0 Å². The number of aryl methyl sites for hydroxylation is 1. The van der Waals surface area contributed by atoms with E-state index >= 15 is 0 Å². The van der Waals surface area contributed by atoms with E-state index in [9.17, 15) is 14.7 Å². The molecular weight excluding hydrogens is 442 g/mol. The highest BCUT2D eigenvalue weighted by Crippen LogP contribution is 2.44. The van der Waals surface area contributed by atoms with Crippen molar-refractivity contribution in [3.8, 4) is 11.5 Å². The average molecular weight is 472 g/mol. The second-order valence-corrected chi connectivity index (χ2v) is 8.90. The number of carbonyl (C=O) groups is 2. The summed E-state index contributed by atoms with van der Waals surface area (Å²) in [5, 5.41) is 11.3. The predicted molar refractivity (Wildman–Crippen MR) is 136 cm³/mol. The topological polar surface area (TPSA) is 76.1 Å². The molecule has 180 valence electrons. The standard InChI is InChI=1S/C29H29NO5/c1-17(2)19-10-13-22(14-11-19)30-26(21-12-15-23(34-4)24(16-21)35-5)25(28(32)29(30)33)27(31)20-8-6-18(3)7-9-20/h6-17,26,31H,1-5H3/b27-25-. The van der Waals surface area contributed by atoms with Crippen molar-refractivity contribution < 1.29 is 24.2 Å². The number of hydrogen-bond acceptors (Lipinski definition) is 5. The maximum Gasteiger partial charge on any atom is 0.300 e. The third-order valence-electron chi connectivity index (χ3n) is 6.33. The predicted octanol–water partition coefficient (Wildman–Crippen LogP) is 5.76. The van der Waals surface area contributed by atoms with Crippen LogP contribution >= 0.6 is 0 Å². The Morgan fingerprint density at radius 2 is 1.51 bits per heavy atom. The lowest BCUT2D eigenvalue weighted by Crippen LogP contribution is -2.29. The summed E-state index contributed by atoms with van der Waals surface area (Å²) in [7, 11) is 3.06. The van der Waals surface area contributed by atoms with Crippen LogP contribution in [-0.4, -0.2) is 31.0 Å². The highest BCUT2D eigenvalue weighted by molar-refractivity contribution is 6.51. The Bertz CT molecular complexity index is 1290. The molecule has 1 aliphatic rings. The van der Waals surface area contributed by atoms with Gasteiger partial charge < -0.3 is 14.6 Å². The van der Waals surface area contributed by atoms with Crippen LogP contribution in [0.25, 0.3) is 5.76 Å². The van der Waals surface area contributed by atoms with Gasteiger partial charge in [0.1, 0.15) is 5.76 Å². The number of methoxy groups -OCH3 is 2. The molecule has 1 aliphatic heterocycles. The molecule has 3 aromatic rings. The zero-order chi connectivity index (χ0) is 25.3. The van der Waals surface area contributed by atoms with Gasteiger partial charge in [-0.3, -0.25) is 14.5 Å². The Morgan fingerprint density at radius 3 is 2.09 bits per heavy atom. The van der Waals surface area contributed by atoms with E-state index in [0.29, 0.717) is 34.2 Å². The smallest absolute Gasteiger partial charge is 0.300 e. The van der Waals surface area contributed by atoms with Gasteiger partial charge in [0, 0.05) is 11.3 Å². The fraction of sp³-hybridized carbons (Fsp3) is 0.241. The first-order chi connectivity index (χ1) is 16.8. The SMILES string of the molecule is COc1ccc(C2/C(=C(/O)c3ccc(C)cc3)C(=O)C(=O)N2c2ccc(C(C)C)cc2)cc1OC. The van der Waals surface area contributed by atoms with Crippen LogP contribution < -0.4 is 14.4 Å². The van der Waals surface area contributed by atoms with Crippen molar-refractivity contribution in [2.45, 2.75) is 32.7 Å². The van der Waals surface area contributed by atoms with Gasteiger partial charge in [0.05, 0.1) is 25.8 Å². The number of anilines is 1. The minimum absolute atomic E-state index is 0.0269. The van der Waals surface area contributed by atoms with Crippen LogP contribution in [0.5, 0.6) is 11.5 Å². The minimum atomic E-state index is -0.846. The fourth-order valence-electron chi connectivity index (χ4n) is 4.32. The fourth-order valence-corrected chi connectivity index (χ4v) is 4.32. The first-order valence-electron chi connectivity index (χ1n) is 11.5. The van der Waals surface area contributed by atoms with Gasteiger partial charge in [-0.05, 0) is 48.2 Å². The quantitative estimate of drug-likeness (QED) is 0.281. The van der Waals surface area contributed by atoms with E-state index in [2.05, 4.69) is 13.8 Å². The summed E-state index contributed by atoms with van der Waals surface area (Å²) >= 11 is 0. The Labute approximate surface area is 205 Å². The molecule has 3 aromatic carbocycles. The lowest BCUT2D eigenvalue weighted by Gasteiger charge is -2.26. The van der Waals surface area contributed by atoms with E-state index in [4.69, 9.17) is 9.47 Å². The van der Waals surface area contributed by atoms with E-state index in [1.54, 1.807) is 30.3 Å². The summed E-state index contributed by atoms with van der Waals surface area (Å²) in [5.74, 6) is -0.354. The van der Waals surface area contributed by atoms with Crippen molar-refractivity contribution in [1.29, 1.82) is 0 Å². The van der Waals surface area contributed by atoms with Gasteiger partial charge in [0.15, 0.2) is 11.5 Å². The molecule has 6 heteroatoms. The molecule has 1 heterocycles. The highest BCUT2D eigenvalue weighted by atomic mass is 16.5. The normalized spacial score (nSPS) is 17.2. The summed E-state index contributed by atoms with van der Waals surface area (Å²) in [6.45, 7) is 6.12. The zero-order valence-electron chi connectivity index (χ0n) is 20.5. The molecule has 1 N–H and O–H groups in total. The van der Waals surface area contributed by atoms with Crippen molar-refractivity contribution in [2.75, 3.05) is 19.1 Å². The molecule has 35 heavy (non-hydrogen) atoms. The third-order valence-corrected chi connectivity index (χ3v) is 6.33. The number of ketones is 1. The number of amides is 1. The van der Waals surface area contributed by atoms with E-state index < -0.39 is 17.7 Å². The van der Waals surface area contributed by atoms with Gasteiger partial charge in [0.2, 0.25) is 0 Å². The Morgan fingerprint density at radius 1 is 0.886 bits per heavy atom. The summed E-state index contributed by atoms with van der Waals surface area (Å²) in [5.41, 5.74) is 3.81. The number of nitrogens with zero attached hydrogens (tertiary/aromatic N) is 1. The number of hydrogen-bond donors (Lipinski definition) is 1. The molecule has 1 amide bonds. The van der Waals surface area contributed by atoms with E-state index in [1.165, 1.54) is 19.1 Å². The number of aliphatic hydroxyl groups is 1. The third kappa shape index (κ3) is 4.39. The zero-order valence-corrected chi connectivity index (χ0v) is 20.5. The first-order valence-corrected chi connectivity index (χ1v) is 11.5. The van der Waals surface area contributed by atoms with E-state index in [0.717, 1.165) is 11.1 Å². The number of benzene rings is 3. The van der Waals surface area contributed by atoms with Crippen LogP contribution in [0.3, 0.4) is 0 Å². The van der Waals surface area contributed by atoms with Crippen molar-refractivity contribution in [3.63, 3.8) is 0 Å². The molecule has 1 atom stereocenters. The molecule has 0 radical (unpaired) electrons. The Balaban J connectivity index is 1.93. The van der Waals surface area contributed by atoms with Crippen molar-refractivity contribution >= 4 is 23.1 Å². The van der Waals surface area contributed by atoms with Crippen molar-refractivity contribution in [2.24, 2.45) is 0 Å². The molecular formula is C29H29NO5. The minimum Gasteiger partial charge on any atom is -0.507 e. The van der Waals surface area contributed by atoms with E-state index in [-0.39, 0.29) is 11.3 Å². The van der Waals surface area contributed by atoms with Gasteiger partial charge in [-0.25, -0.2) is 0 Å². The van der Waals surface area contributed by atoms with Crippen molar-refractivity contribution in [1.82, 2.24) is 0 Å². The van der Waals surface area contributed by atoms with Crippen LogP contribution in [0, 0.1) is 6.92 Å². The molecule has 0 bridgehead atoms. The summed E-state index contributed by atoms with van der Waals surface area (Å²) in [6, 6.07) is 19.1.